The molecule has 1 saturated carbocycles. The molecule has 6 nitrogen and oxygen atoms in total. The summed E-state index contributed by atoms with van der Waals surface area (Å²) in [6.07, 6.45) is 10.2. The van der Waals surface area contributed by atoms with E-state index in [9.17, 15) is 9.59 Å². The van der Waals surface area contributed by atoms with Crippen molar-refractivity contribution < 1.29 is 9.59 Å². The average molecular weight is 453 g/mol. The molecule has 1 aliphatic heterocycles. The second kappa shape index (κ2) is 10.9. The van der Waals surface area contributed by atoms with Crippen molar-refractivity contribution in [2.24, 2.45) is 5.92 Å². The second-order valence-corrected chi connectivity index (χ2v) is 9.54. The van der Waals surface area contributed by atoms with Gasteiger partial charge in [0.05, 0.1) is 11.4 Å². The van der Waals surface area contributed by atoms with Gasteiger partial charge in [-0.15, -0.1) is 11.3 Å². The zero-order chi connectivity index (χ0) is 22.3. The topological polar surface area (TPSA) is 56.8 Å². The van der Waals surface area contributed by atoms with E-state index < -0.39 is 0 Å². The van der Waals surface area contributed by atoms with Gasteiger partial charge < -0.3 is 4.90 Å². The summed E-state index contributed by atoms with van der Waals surface area (Å²) >= 11 is 1.40. The van der Waals surface area contributed by atoms with E-state index >= 15 is 0 Å². The van der Waals surface area contributed by atoms with Crippen LogP contribution in [0.2, 0.25) is 0 Å². The summed E-state index contributed by atoms with van der Waals surface area (Å²) in [5, 5.41) is 2.48. The first-order chi connectivity index (χ1) is 15.6. The minimum Gasteiger partial charge on any atom is -0.337 e. The molecule has 2 aromatic rings. The zero-order valence-electron chi connectivity index (χ0n) is 18.8. The van der Waals surface area contributed by atoms with Gasteiger partial charge in [0.2, 0.25) is 11.8 Å². The Morgan fingerprint density at radius 2 is 1.81 bits per heavy atom. The molecule has 0 bridgehead atoms. The van der Waals surface area contributed by atoms with Crippen LogP contribution in [0.25, 0.3) is 6.08 Å². The maximum atomic E-state index is 12.7. The molecule has 0 N–H and O–H groups in total. The number of benzene rings is 1. The van der Waals surface area contributed by atoms with Gasteiger partial charge in [-0.2, -0.15) is 0 Å². The number of anilines is 2. The number of rotatable bonds is 6. The van der Waals surface area contributed by atoms with Crippen LogP contribution in [-0.4, -0.2) is 59.3 Å². The van der Waals surface area contributed by atoms with E-state index in [4.69, 9.17) is 0 Å². The van der Waals surface area contributed by atoms with Crippen LogP contribution in [0.15, 0.2) is 41.8 Å². The fourth-order valence-electron chi connectivity index (χ4n) is 4.61. The van der Waals surface area contributed by atoms with Gasteiger partial charge >= 0.3 is 0 Å². The Labute approximate surface area is 194 Å². The first-order valence-corrected chi connectivity index (χ1v) is 12.5. The van der Waals surface area contributed by atoms with E-state index in [1.165, 1.54) is 56.9 Å². The van der Waals surface area contributed by atoms with Crippen LogP contribution in [0.4, 0.5) is 10.8 Å². The Hall–Kier alpha value is -2.51. The average Bonchev–Trinajstić information content (AvgIpc) is 3.27. The summed E-state index contributed by atoms with van der Waals surface area (Å²) in [6.45, 7) is 6.20. The Balaban J connectivity index is 1.30. The normalized spacial score (nSPS) is 18.2. The van der Waals surface area contributed by atoms with Gasteiger partial charge in [0.1, 0.15) is 0 Å². The maximum absolute atomic E-state index is 12.7. The Morgan fingerprint density at radius 1 is 1.09 bits per heavy atom. The molecule has 0 radical (unpaired) electrons. The molecule has 32 heavy (non-hydrogen) atoms. The van der Waals surface area contributed by atoms with Crippen LogP contribution in [0, 0.1) is 5.92 Å². The third-order valence-electron chi connectivity index (χ3n) is 6.35. The van der Waals surface area contributed by atoms with Gasteiger partial charge in [-0.25, -0.2) is 4.98 Å². The Bertz CT molecular complexity index is 928. The number of hydrogen-bond acceptors (Lipinski definition) is 5. The minimum atomic E-state index is -0.0942. The van der Waals surface area contributed by atoms with Crippen LogP contribution in [0.5, 0.6) is 0 Å². The molecule has 1 aromatic heterocycles. The molecule has 2 aliphatic rings. The summed E-state index contributed by atoms with van der Waals surface area (Å²) in [6, 6.07) is 9.48. The molecule has 4 rings (SSSR count). The van der Waals surface area contributed by atoms with Crippen molar-refractivity contribution in [2.45, 2.75) is 39.0 Å². The number of aromatic nitrogens is 1. The van der Waals surface area contributed by atoms with E-state index in [1.54, 1.807) is 17.1 Å². The van der Waals surface area contributed by atoms with Crippen molar-refractivity contribution in [1.29, 1.82) is 0 Å². The van der Waals surface area contributed by atoms with E-state index in [1.807, 2.05) is 40.6 Å². The number of carbonyl (C=O) groups excluding carboxylic acids is 2. The smallest absolute Gasteiger partial charge is 0.246 e. The van der Waals surface area contributed by atoms with Gasteiger partial charge in [-0.1, -0.05) is 37.5 Å². The number of thiazole rings is 1. The molecule has 7 heteroatoms. The molecule has 0 atom stereocenters. The summed E-state index contributed by atoms with van der Waals surface area (Å²) in [5.41, 5.74) is 1.48. The number of para-hydroxylation sites is 1. The maximum Gasteiger partial charge on any atom is 0.246 e. The summed E-state index contributed by atoms with van der Waals surface area (Å²) in [7, 11) is 0. The SMILES string of the molecule is CC(=O)N(c1ccccc1)c1nc(/C=C/C(=O)N2CCN(CC3CCCCC3)CC2)cs1. The van der Waals surface area contributed by atoms with E-state index in [0.29, 0.717) is 10.8 Å². The third-order valence-corrected chi connectivity index (χ3v) is 7.20. The van der Waals surface area contributed by atoms with Crippen molar-refractivity contribution in [3.8, 4) is 0 Å². The lowest BCUT2D eigenvalue weighted by molar-refractivity contribution is -0.127. The van der Waals surface area contributed by atoms with Crippen LogP contribution >= 0.6 is 11.3 Å². The molecule has 2 heterocycles. The van der Waals surface area contributed by atoms with Crippen molar-refractivity contribution in [2.75, 3.05) is 37.6 Å². The highest BCUT2D eigenvalue weighted by Gasteiger charge is 2.23. The molecule has 170 valence electrons. The molecule has 0 spiro atoms. The molecule has 1 aromatic carbocycles. The van der Waals surface area contributed by atoms with Gasteiger partial charge in [-0.05, 0) is 37.0 Å². The number of nitrogens with zero attached hydrogens (tertiary/aromatic N) is 4. The number of piperazine rings is 1. The Kier molecular flexibility index (Phi) is 7.71. The van der Waals surface area contributed by atoms with E-state index in [-0.39, 0.29) is 11.8 Å². The Morgan fingerprint density at radius 3 is 2.50 bits per heavy atom. The molecule has 0 unspecified atom stereocenters. The molecular weight excluding hydrogens is 420 g/mol. The number of amides is 2. The lowest BCUT2D eigenvalue weighted by Gasteiger charge is -2.36. The molecule has 1 saturated heterocycles. The summed E-state index contributed by atoms with van der Waals surface area (Å²) < 4.78 is 0. The molecule has 1 aliphatic carbocycles. The van der Waals surface area contributed by atoms with Crippen LogP contribution in [0.1, 0.15) is 44.7 Å². The van der Waals surface area contributed by atoms with Crippen molar-refractivity contribution in [3.63, 3.8) is 0 Å². The lowest BCUT2D eigenvalue weighted by atomic mass is 9.89. The van der Waals surface area contributed by atoms with Gasteiger partial charge in [-0.3, -0.25) is 19.4 Å². The highest BCUT2D eigenvalue weighted by Crippen LogP contribution is 2.29. The van der Waals surface area contributed by atoms with Gasteiger partial charge in [0.25, 0.3) is 0 Å². The fraction of sp³-hybridized carbons (Fsp3) is 0.480. The van der Waals surface area contributed by atoms with Gasteiger partial charge in [0.15, 0.2) is 5.13 Å². The predicted octanol–water partition coefficient (Wildman–Crippen LogP) is 4.57. The lowest BCUT2D eigenvalue weighted by Crippen LogP contribution is -2.49. The van der Waals surface area contributed by atoms with E-state index in [2.05, 4.69) is 9.88 Å². The first-order valence-electron chi connectivity index (χ1n) is 11.6. The fourth-order valence-corrected chi connectivity index (χ4v) is 5.46. The minimum absolute atomic E-state index is 0.0309. The van der Waals surface area contributed by atoms with Crippen LogP contribution < -0.4 is 4.90 Å². The van der Waals surface area contributed by atoms with Crippen molar-refractivity contribution in [1.82, 2.24) is 14.8 Å². The monoisotopic (exact) mass is 452 g/mol. The van der Waals surface area contributed by atoms with Crippen molar-refractivity contribution >= 4 is 40.0 Å². The quantitative estimate of drug-likeness (QED) is 0.603. The molecule has 2 amide bonds. The van der Waals surface area contributed by atoms with Crippen molar-refractivity contribution in [3.05, 3.63) is 47.5 Å². The number of hydrogen-bond donors (Lipinski definition) is 0. The predicted molar refractivity (Wildman–Crippen MR) is 130 cm³/mol. The number of carbonyl (C=O) groups is 2. The molecule has 2 fully saturated rings. The van der Waals surface area contributed by atoms with Crippen LogP contribution in [-0.2, 0) is 9.59 Å². The zero-order valence-corrected chi connectivity index (χ0v) is 19.6. The molecular formula is C25H32N4O2S. The standard InChI is InChI=1S/C25H32N4O2S/c1-20(30)29(23-10-6-3-7-11-23)25-26-22(19-32-25)12-13-24(31)28-16-14-27(15-17-28)18-21-8-4-2-5-9-21/h3,6-7,10-13,19,21H,2,4-5,8-9,14-18H2,1H3/b13-12+. The second-order valence-electron chi connectivity index (χ2n) is 8.71. The summed E-state index contributed by atoms with van der Waals surface area (Å²) in [4.78, 5) is 35.5. The highest BCUT2D eigenvalue weighted by atomic mass is 32.1. The highest BCUT2D eigenvalue weighted by molar-refractivity contribution is 7.14. The summed E-state index contributed by atoms with van der Waals surface area (Å²) in [5.74, 6) is 0.779. The van der Waals surface area contributed by atoms with E-state index in [0.717, 1.165) is 37.8 Å². The largest absolute Gasteiger partial charge is 0.337 e. The third kappa shape index (κ3) is 5.84. The first kappa shape index (κ1) is 22.7. The van der Waals surface area contributed by atoms with Crippen LogP contribution in [0.3, 0.4) is 0 Å². The van der Waals surface area contributed by atoms with Gasteiger partial charge in [0, 0.05) is 51.1 Å².